The molecule has 3 N–H and O–H groups in total. The van der Waals surface area contributed by atoms with Gasteiger partial charge in [-0.15, -0.1) is 11.8 Å². The number of halogens is 2. The Labute approximate surface area is 288 Å². The lowest BCUT2D eigenvalue weighted by Crippen LogP contribution is -2.42. The highest BCUT2D eigenvalue weighted by molar-refractivity contribution is 8.00. The number of thiazole rings is 1. The first-order valence-corrected chi connectivity index (χ1v) is 18.0. The van der Waals surface area contributed by atoms with Gasteiger partial charge in [-0.2, -0.15) is 0 Å². The lowest BCUT2D eigenvalue weighted by molar-refractivity contribution is -0.141. The number of amides is 3. The predicted octanol–water partition coefficient (Wildman–Crippen LogP) is 5.88. The van der Waals surface area contributed by atoms with Gasteiger partial charge >= 0.3 is 10.8 Å². The highest BCUT2D eigenvalue weighted by atomic mass is 35.5. The monoisotopic (exact) mass is 715 g/mol. The van der Waals surface area contributed by atoms with Crippen LogP contribution in [0.4, 0.5) is 5.69 Å². The second-order valence-corrected chi connectivity index (χ2v) is 15.5. The van der Waals surface area contributed by atoms with Crippen molar-refractivity contribution < 1.29 is 29.0 Å². The molecule has 1 saturated heterocycles. The van der Waals surface area contributed by atoms with Crippen LogP contribution in [0.1, 0.15) is 48.5 Å². The zero-order valence-electron chi connectivity index (χ0n) is 24.9. The number of likely N-dealkylation sites (tertiary alicyclic amines) is 1. The van der Waals surface area contributed by atoms with Crippen molar-refractivity contribution in [2.24, 2.45) is 29.6 Å². The summed E-state index contributed by atoms with van der Waals surface area (Å²) in [6.45, 7) is 0.107. The number of aromatic nitrogens is 1. The summed E-state index contributed by atoms with van der Waals surface area (Å²) in [5.74, 6) is -1.65. The number of benzene rings is 2. The third kappa shape index (κ3) is 5.98. The van der Waals surface area contributed by atoms with Crippen LogP contribution >= 0.6 is 46.3 Å². The first-order valence-electron chi connectivity index (χ1n) is 15.5. The molecule has 4 aliphatic rings. The molecule has 3 fully saturated rings. The normalized spacial score (nSPS) is 27.0. The number of thioether (sulfide) groups is 1. The van der Waals surface area contributed by atoms with Gasteiger partial charge < -0.3 is 20.1 Å². The van der Waals surface area contributed by atoms with Crippen molar-refractivity contribution in [2.45, 2.75) is 48.3 Å². The fourth-order valence-corrected chi connectivity index (χ4v) is 11.3. The minimum absolute atomic E-state index is 0.00676. The quantitative estimate of drug-likeness (QED) is 0.165. The van der Waals surface area contributed by atoms with Gasteiger partial charge in [0, 0.05) is 34.7 Å². The smallest absolute Gasteiger partial charge is 0.305 e. The summed E-state index contributed by atoms with van der Waals surface area (Å²) in [4.78, 5) is 68.5. The Morgan fingerprint density at radius 1 is 0.979 bits per heavy atom. The van der Waals surface area contributed by atoms with E-state index in [2.05, 4.69) is 10.3 Å². The van der Waals surface area contributed by atoms with E-state index in [0.717, 1.165) is 21.9 Å². The van der Waals surface area contributed by atoms with Crippen LogP contribution in [0.2, 0.25) is 10.0 Å². The second-order valence-electron chi connectivity index (χ2n) is 12.5. The van der Waals surface area contributed by atoms with Gasteiger partial charge in [0.1, 0.15) is 5.75 Å². The number of unbranched alkanes of at least 4 members (excludes halogenated alkanes) is 2. The first-order chi connectivity index (χ1) is 22.6. The predicted molar refractivity (Wildman–Crippen MR) is 178 cm³/mol. The van der Waals surface area contributed by atoms with Crippen LogP contribution in [-0.2, 0) is 19.2 Å². The lowest BCUT2D eigenvalue weighted by Gasteiger charge is -2.43. The number of rotatable bonds is 11. The number of aliphatic carboxylic acids is 1. The second kappa shape index (κ2) is 12.9. The van der Waals surface area contributed by atoms with Crippen LogP contribution in [0.25, 0.3) is 0 Å². The summed E-state index contributed by atoms with van der Waals surface area (Å²) in [6.07, 6.45) is 2.63. The molecule has 3 aromatic rings. The Morgan fingerprint density at radius 2 is 1.72 bits per heavy atom. The van der Waals surface area contributed by atoms with Gasteiger partial charge in [-0.3, -0.25) is 28.9 Å². The maximum atomic E-state index is 13.7. The van der Waals surface area contributed by atoms with Gasteiger partial charge in [-0.1, -0.05) is 53.1 Å². The standard InChI is InChI=1S/C33H31Cl2N3O7S2/c34-20-10-7-16(12-21(20)35)36-22(39)14-45-17-8-5-15(6-9-17)24-25-18-13-19(28(25)46-30-29(24)47-33(44)37-30)27-26(18)31(42)38(32(27)43)11-3-1-2-4-23(40)41/h5-10,12,18-19,24-28H,1-4,11,13-14H2,(H,36,39)(H,37,44)(H,40,41)/t18?,19?,24-,25?,26?,27?,28?/m1/s1. The number of fused-ring (bicyclic) bond motifs is 9. The minimum atomic E-state index is -0.847. The summed E-state index contributed by atoms with van der Waals surface area (Å²) >= 11 is 14.8. The van der Waals surface area contributed by atoms with E-state index in [1.54, 1.807) is 42.1 Å². The average Bonchev–Trinajstić information content (AvgIpc) is 3.77. The Morgan fingerprint density at radius 3 is 2.45 bits per heavy atom. The van der Waals surface area contributed by atoms with Crippen LogP contribution in [0.15, 0.2) is 52.3 Å². The lowest BCUT2D eigenvalue weighted by atomic mass is 9.68. The molecule has 47 heavy (non-hydrogen) atoms. The SMILES string of the molecule is O=C(O)CCCCCN1C(=O)C2C3CC(C2C1=O)C1C3Sc2[nH]c(=O)sc2[C@@H]1c1ccc(OCC(=O)Nc2ccc(Cl)c(Cl)c2)cc1. The van der Waals surface area contributed by atoms with Crippen molar-refractivity contribution in [1.29, 1.82) is 0 Å². The van der Waals surface area contributed by atoms with E-state index in [4.69, 9.17) is 33.0 Å². The molecule has 2 aliphatic carbocycles. The minimum Gasteiger partial charge on any atom is -0.484 e. The van der Waals surface area contributed by atoms with Crippen molar-refractivity contribution in [3.05, 3.63) is 72.6 Å². The molecule has 2 saturated carbocycles. The molecule has 14 heteroatoms. The Hall–Kier alpha value is -3.32. The van der Waals surface area contributed by atoms with Gasteiger partial charge in [-0.25, -0.2) is 0 Å². The topological polar surface area (TPSA) is 146 Å². The number of ether oxygens (including phenoxy) is 1. The van der Waals surface area contributed by atoms with Crippen molar-refractivity contribution >= 4 is 75.7 Å². The number of nitrogens with zero attached hydrogens (tertiary/aromatic N) is 1. The van der Waals surface area contributed by atoms with Crippen LogP contribution in [0.5, 0.6) is 5.75 Å². The van der Waals surface area contributed by atoms with E-state index < -0.39 is 5.97 Å². The molecule has 2 bridgehead atoms. The summed E-state index contributed by atoms with van der Waals surface area (Å²) < 4.78 is 5.75. The number of carbonyl (C=O) groups excluding carboxylic acids is 3. The summed E-state index contributed by atoms with van der Waals surface area (Å²) in [5.41, 5.74) is 1.49. The molecule has 1 aromatic heterocycles. The van der Waals surface area contributed by atoms with Crippen molar-refractivity contribution in [1.82, 2.24) is 9.88 Å². The highest BCUT2D eigenvalue weighted by Gasteiger charge is 2.69. The van der Waals surface area contributed by atoms with E-state index in [-0.39, 0.29) is 76.4 Å². The van der Waals surface area contributed by atoms with E-state index in [1.165, 1.54) is 16.2 Å². The third-order valence-electron chi connectivity index (χ3n) is 9.90. The Kier molecular flexibility index (Phi) is 8.88. The zero-order chi connectivity index (χ0) is 33.0. The number of carboxylic acid groups (broad SMARTS) is 1. The Bertz CT molecular complexity index is 1810. The average molecular weight is 717 g/mol. The first kappa shape index (κ1) is 32.2. The number of aromatic amines is 1. The molecule has 246 valence electrons. The highest BCUT2D eigenvalue weighted by Crippen LogP contribution is 2.68. The summed E-state index contributed by atoms with van der Waals surface area (Å²) in [5, 5.41) is 13.3. The van der Waals surface area contributed by atoms with Gasteiger partial charge in [0.2, 0.25) is 11.8 Å². The molecule has 3 heterocycles. The van der Waals surface area contributed by atoms with E-state index in [1.807, 2.05) is 12.1 Å². The van der Waals surface area contributed by atoms with Crippen LogP contribution in [0.3, 0.4) is 0 Å². The van der Waals surface area contributed by atoms with Crippen molar-refractivity contribution in [3.8, 4) is 5.75 Å². The molecule has 6 unspecified atom stereocenters. The Balaban J connectivity index is 1.07. The maximum absolute atomic E-state index is 13.7. The number of anilines is 1. The van der Waals surface area contributed by atoms with E-state index in [0.29, 0.717) is 47.3 Å². The molecule has 2 aromatic carbocycles. The zero-order valence-corrected chi connectivity index (χ0v) is 28.1. The van der Waals surface area contributed by atoms with E-state index >= 15 is 0 Å². The maximum Gasteiger partial charge on any atom is 0.305 e. The molecule has 3 amide bonds. The molecule has 10 nitrogen and oxygen atoms in total. The number of hydrogen-bond acceptors (Lipinski definition) is 8. The molecule has 2 aliphatic heterocycles. The molecular weight excluding hydrogens is 685 g/mol. The fraction of sp³-hybridized carbons (Fsp3) is 0.424. The van der Waals surface area contributed by atoms with Gasteiger partial charge in [0.05, 0.1) is 26.9 Å². The van der Waals surface area contributed by atoms with E-state index in [9.17, 15) is 24.0 Å². The number of nitrogens with one attached hydrogen (secondary N) is 2. The van der Waals surface area contributed by atoms with Crippen LogP contribution in [-0.4, -0.2) is 57.1 Å². The number of carboxylic acids is 1. The number of H-pyrrole nitrogens is 1. The number of imide groups is 1. The fourth-order valence-electron chi connectivity index (χ4n) is 8.09. The number of carbonyl (C=O) groups is 4. The van der Waals surface area contributed by atoms with Gasteiger partial charge in [-0.05, 0) is 72.9 Å². The van der Waals surface area contributed by atoms with Gasteiger partial charge in [0.25, 0.3) is 5.91 Å². The van der Waals surface area contributed by atoms with Crippen LogP contribution in [0, 0.1) is 29.6 Å². The molecule has 0 radical (unpaired) electrons. The molecular formula is C33H31Cl2N3O7S2. The summed E-state index contributed by atoms with van der Waals surface area (Å²) in [6, 6.07) is 12.3. The molecule has 7 rings (SSSR count). The third-order valence-corrected chi connectivity index (χ3v) is 13.2. The molecule has 7 atom stereocenters. The van der Waals surface area contributed by atoms with Gasteiger partial charge in [0.15, 0.2) is 6.61 Å². The van der Waals surface area contributed by atoms with Crippen molar-refractivity contribution in [3.63, 3.8) is 0 Å². The summed E-state index contributed by atoms with van der Waals surface area (Å²) in [7, 11) is 0. The number of hydrogen-bond donors (Lipinski definition) is 3. The van der Waals surface area contributed by atoms with Crippen molar-refractivity contribution in [2.75, 3.05) is 18.5 Å². The molecule has 0 spiro atoms. The van der Waals surface area contributed by atoms with Crippen LogP contribution < -0.4 is 14.9 Å². The largest absolute Gasteiger partial charge is 0.484 e.